The number of nitrogens with zero attached hydrogens (tertiary/aromatic N) is 4. The quantitative estimate of drug-likeness (QED) is 0.314. The molecule has 2 aromatic carbocycles. The number of ether oxygens (including phenoxy) is 1. The van der Waals surface area contributed by atoms with E-state index in [9.17, 15) is 8.96 Å². The van der Waals surface area contributed by atoms with Crippen LogP contribution in [-0.2, 0) is 13.6 Å². The summed E-state index contributed by atoms with van der Waals surface area (Å²) in [6.07, 6.45) is 0. The Morgan fingerprint density at radius 1 is 1.03 bits per heavy atom. The standard InChI is InChI=1S/C22H25FN5O4P/c1-4-30-18-11-12-20-15(13-18)14-19(21-25-26-27-28(20)21)22(33(29,31-5-2)32-6-3)24-17-9-7-16(23)8-10-17/h7-14,22,24H,4-6H2,1-3H3. The lowest BCUT2D eigenvalue weighted by molar-refractivity contribution is 0.214. The van der Waals surface area contributed by atoms with Gasteiger partial charge < -0.3 is 19.1 Å². The Morgan fingerprint density at radius 3 is 2.42 bits per heavy atom. The van der Waals surface area contributed by atoms with Crippen LogP contribution in [0.5, 0.6) is 5.75 Å². The molecule has 0 aliphatic rings. The zero-order chi connectivity index (χ0) is 23.4. The monoisotopic (exact) mass is 473 g/mol. The summed E-state index contributed by atoms with van der Waals surface area (Å²) in [7, 11) is -3.76. The normalized spacial score (nSPS) is 12.8. The Morgan fingerprint density at radius 2 is 1.76 bits per heavy atom. The van der Waals surface area contributed by atoms with Crippen LogP contribution in [0.2, 0.25) is 0 Å². The largest absolute Gasteiger partial charge is 0.494 e. The Bertz CT molecular complexity index is 1290. The summed E-state index contributed by atoms with van der Waals surface area (Å²) in [6.45, 7) is 6.24. The molecule has 9 nitrogen and oxygen atoms in total. The number of tetrazole rings is 1. The molecule has 0 aliphatic heterocycles. The second kappa shape index (κ2) is 9.82. The van der Waals surface area contributed by atoms with E-state index in [1.165, 1.54) is 12.1 Å². The first-order valence-electron chi connectivity index (χ1n) is 10.7. The van der Waals surface area contributed by atoms with Crippen molar-refractivity contribution < 1.29 is 22.7 Å². The van der Waals surface area contributed by atoms with Gasteiger partial charge in [0.1, 0.15) is 11.6 Å². The molecule has 0 radical (unpaired) electrons. The van der Waals surface area contributed by atoms with Crippen molar-refractivity contribution in [2.45, 2.75) is 26.6 Å². The van der Waals surface area contributed by atoms with Crippen molar-refractivity contribution in [1.29, 1.82) is 0 Å². The molecule has 0 saturated heterocycles. The zero-order valence-corrected chi connectivity index (χ0v) is 19.5. The molecule has 4 aromatic rings. The predicted molar refractivity (Wildman–Crippen MR) is 123 cm³/mol. The average molecular weight is 473 g/mol. The number of hydrogen-bond donors (Lipinski definition) is 1. The van der Waals surface area contributed by atoms with Crippen LogP contribution in [0.15, 0.2) is 48.5 Å². The number of pyridine rings is 1. The van der Waals surface area contributed by atoms with E-state index >= 15 is 0 Å². The molecule has 2 aromatic heterocycles. The molecule has 4 rings (SSSR count). The lowest BCUT2D eigenvalue weighted by atomic mass is 10.1. The van der Waals surface area contributed by atoms with E-state index in [2.05, 4.69) is 20.8 Å². The fourth-order valence-corrected chi connectivity index (χ4v) is 5.57. The van der Waals surface area contributed by atoms with Crippen molar-refractivity contribution in [3.63, 3.8) is 0 Å². The van der Waals surface area contributed by atoms with E-state index in [4.69, 9.17) is 13.8 Å². The molecule has 0 saturated carbocycles. The van der Waals surface area contributed by atoms with Crippen LogP contribution < -0.4 is 10.1 Å². The third-order valence-electron chi connectivity index (χ3n) is 4.95. The molecule has 1 atom stereocenters. The van der Waals surface area contributed by atoms with Crippen LogP contribution in [0.4, 0.5) is 10.1 Å². The lowest BCUT2D eigenvalue weighted by Crippen LogP contribution is -2.17. The highest BCUT2D eigenvalue weighted by molar-refractivity contribution is 7.54. The van der Waals surface area contributed by atoms with Gasteiger partial charge >= 0.3 is 7.60 Å². The molecular formula is C22H25FN5O4P. The summed E-state index contributed by atoms with van der Waals surface area (Å²) in [5.74, 6) is -0.658. The summed E-state index contributed by atoms with van der Waals surface area (Å²) in [5.41, 5.74) is 2.20. The Hall–Kier alpha value is -3.07. The first kappa shape index (κ1) is 23.1. The minimum Gasteiger partial charge on any atom is -0.494 e. The number of benzene rings is 2. The van der Waals surface area contributed by atoms with Crippen LogP contribution in [0.3, 0.4) is 0 Å². The van der Waals surface area contributed by atoms with Gasteiger partial charge in [-0.05, 0) is 79.7 Å². The lowest BCUT2D eigenvalue weighted by Gasteiger charge is -2.28. The van der Waals surface area contributed by atoms with Gasteiger partial charge in [0.2, 0.25) is 0 Å². The van der Waals surface area contributed by atoms with Crippen molar-refractivity contribution in [1.82, 2.24) is 20.0 Å². The predicted octanol–water partition coefficient (Wildman–Crippen LogP) is 5.19. The molecule has 2 heterocycles. The maximum atomic E-state index is 14.0. The summed E-state index contributed by atoms with van der Waals surface area (Å²) in [5, 5.41) is 16.1. The van der Waals surface area contributed by atoms with Gasteiger partial charge in [-0.25, -0.2) is 4.39 Å². The fraction of sp³-hybridized carbons (Fsp3) is 0.318. The van der Waals surface area contributed by atoms with E-state index in [1.807, 2.05) is 31.2 Å². The molecule has 174 valence electrons. The maximum Gasteiger partial charge on any atom is 0.357 e. The SMILES string of the molecule is CCOc1ccc2c(c1)cc(C(Nc1ccc(F)cc1)P(=O)(OCC)OCC)c1nnnn12. The summed E-state index contributed by atoms with van der Waals surface area (Å²) in [6, 6.07) is 13.1. The summed E-state index contributed by atoms with van der Waals surface area (Å²) >= 11 is 0. The minimum atomic E-state index is -3.76. The van der Waals surface area contributed by atoms with Gasteiger partial charge in [0.15, 0.2) is 11.4 Å². The van der Waals surface area contributed by atoms with Gasteiger partial charge in [0, 0.05) is 16.6 Å². The maximum absolute atomic E-state index is 14.0. The van der Waals surface area contributed by atoms with Crippen LogP contribution in [-0.4, -0.2) is 39.9 Å². The molecule has 0 bridgehead atoms. The van der Waals surface area contributed by atoms with Gasteiger partial charge in [-0.15, -0.1) is 5.10 Å². The minimum absolute atomic E-state index is 0.169. The van der Waals surface area contributed by atoms with Gasteiger partial charge in [-0.1, -0.05) is 0 Å². The van der Waals surface area contributed by atoms with Crippen molar-refractivity contribution in [3.8, 4) is 5.75 Å². The number of hydrogen-bond acceptors (Lipinski definition) is 8. The third-order valence-corrected chi connectivity index (χ3v) is 7.23. The number of rotatable bonds is 10. The number of nitrogens with one attached hydrogen (secondary N) is 1. The van der Waals surface area contributed by atoms with E-state index in [0.717, 1.165) is 10.9 Å². The van der Waals surface area contributed by atoms with Crippen molar-refractivity contribution in [2.24, 2.45) is 0 Å². The first-order valence-corrected chi connectivity index (χ1v) is 12.3. The smallest absolute Gasteiger partial charge is 0.357 e. The second-order valence-corrected chi connectivity index (χ2v) is 9.21. The van der Waals surface area contributed by atoms with Crippen LogP contribution >= 0.6 is 7.60 Å². The number of aromatic nitrogens is 4. The molecule has 0 fully saturated rings. The number of anilines is 1. The van der Waals surface area contributed by atoms with E-state index in [-0.39, 0.29) is 19.0 Å². The molecule has 0 spiro atoms. The van der Waals surface area contributed by atoms with Crippen LogP contribution in [0, 0.1) is 5.82 Å². The second-order valence-electron chi connectivity index (χ2n) is 7.10. The highest BCUT2D eigenvalue weighted by Crippen LogP contribution is 2.61. The first-order chi connectivity index (χ1) is 16.0. The van der Waals surface area contributed by atoms with E-state index in [0.29, 0.717) is 29.3 Å². The Balaban J connectivity index is 1.93. The topological polar surface area (TPSA) is 99.9 Å². The Labute approximate surface area is 190 Å². The summed E-state index contributed by atoms with van der Waals surface area (Å²) < 4.78 is 46.0. The Kier molecular flexibility index (Phi) is 6.88. The fourth-order valence-electron chi connectivity index (χ4n) is 3.64. The van der Waals surface area contributed by atoms with Gasteiger partial charge in [-0.3, -0.25) is 4.57 Å². The number of halogens is 1. The van der Waals surface area contributed by atoms with E-state index < -0.39 is 13.4 Å². The van der Waals surface area contributed by atoms with E-state index in [1.54, 1.807) is 30.5 Å². The molecule has 11 heteroatoms. The van der Waals surface area contributed by atoms with Crippen molar-refractivity contribution >= 4 is 29.8 Å². The molecule has 1 N–H and O–H groups in total. The van der Waals surface area contributed by atoms with Gasteiger partial charge in [-0.2, -0.15) is 4.52 Å². The van der Waals surface area contributed by atoms with Crippen molar-refractivity contribution in [2.75, 3.05) is 25.1 Å². The van der Waals surface area contributed by atoms with Crippen LogP contribution in [0.25, 0.3) is 16.6 Å². The number of fused-ring (bicyclic) bond motifs is 3. The molecule has 0 aliphatic carbocycles. The van der Waals surface area contributed by atoms with Gasteiger partial charge in [0.05, 0.1) is 25.3 Å². The highest BCUT2D eigenvalue weighted by Gasteiger charge is 2.39. The molecule has 1 unspecified atom stereocenters. The zero-order valence-electron chi connectivity index (χ0n) is 18.6. The molecule has 0 amide bonds. The molecule has 33 heavy (non-hydrogen) atoms. The third kappa shape index (κ3) is 4.68. The average Bonchev–Trinajstić information content (AvgIpc) is 3.29. The highest BCUT2D eigenvalue weighted by atomic mass is 31.2. The van der Waals surface area contributed by atoms with Crippen LogP contribution in [0.1, 0.15) is 32.1 Å². The van der Waals surface area contributed by atoms with Crippen molar-refractivity contribution in [3.05, 3.63) is 59.9 Å². The summed E-state index contributed by atoms with van der Waals surface area (Å²) in [4.78, 5) is 0. The van der Waals surface area contributed by atoms with Gasteiger partial charge in [0.25, 0.3) is 0 Å². The molecular weight excluding hydrogens is 448 g/mol.